The van der Waals surface area contributed by atoms with E-state index < -0.39 is 0 Å². The third-order valence-corrected chi connectivity index (χ3v) is 2.27. The molecular formula is C13H14N2O4. The lowest BCUT2D eigenvalue weighted by Gasteiger charge is -2.09. The second kappa shape index (κ2) is 7.71. The van der Waals surface area contributed by atoms with E-state index in [4.69, 9.17) is 14.7 Å². The lowest BCUT2D eigenvalue weighted by atomic mass is 10.2. The molecule has 0 unspecified atom stereocenters. The van der Waals surface area contributed by atoms with Crippen molar-refractivity contribution in [3.05, 3.63) is 23.8 Å². The Balaban J connectivity index is 2.58. The fraction of sp³-hybridized carbons (Fsp3) is 0.308. The lowest BCUT2D eigenvalue weighted by molar-refractivity contribution is -0.123. The van der Waals surface area contributed by atoms with Gasteiger partial charge in [0, 0.05) is 12.6 Å². The average molecular weight is 262 g/mol. The number of aldehydes is 1. The molecule has 1 amide bonds. The Morgan fingerprint density at radius 2 is 2.32 bits per heavy atom. The Bertz CT molecular complexity index is 494. The summed E-state index contributed by atoms with van der Waals surface area (Å²) in [5.41, 5.74) is 0.339. The van der Waals surface area contributed by atoms with Crippen LogP contribution in [0.5, 0.6) is 11.5 Å². The minimum Gasteiger partial charge on any atom is -0.497 e. The summed E-state index contributed by atoms with van der Waals surface area (Å²) in [5, 5.41) is 10.8. The Labute approximate surface area is 110 Å². The molecule has 0 aliphatic rings. The molecule has 0 heterocycles. The van der Waals surface area contributed by atoms with Gasteiger partial charge in [-0.3, -0.25) is 9.59 Å². The minimum atomic E-state index is -0.352. The Kier molecular flexibility index (Phi) is 5.89. The second-order valence-corrected chi connectivity index (χ2v) is 3.57. The van der Waals surface area contributed by atoms with Gasteiger partial charge in [0.2, 0.25) is 0 Å². The fourth-order valence-corrected chi connectivity index (χ4v) is 1.32. The number of ether oxygens (including phenoxy) is 2. The third kappa shape index (κ3) is 4.68. The summed E-state index contributed by atoms with van der Waals surface area (Å²) in [6.45, 7) is 0.0524. The van der Waals surface area contributed by atoms with Crippen LogP contribution in [0.4, 0.5) is 0 Å². The SMILES string of the molecule is COc1ccc(C=O)c(OCC(=O)NCCC#N)c1. The maximum absolute atomic E-state index is 11.4. The number of nitrogens with zero attached hydrogens (tertiary/aromatic N) is 1. The van der Waals surface area contributed by atoms with Gasteiger partial charge in [0.1, 0.15) is 11.5 Å². The highest BCUT2D eigenvalue weighted by Gasteiger charge is 2.07. The topological polar surface area (TPSA) is 88.4 Å². The number of methoxy groups -OCH3 is 1. The summed E-state index contributed by atoms with van der Waals surface area (Å²) >= 11 is 0. The first-order chi connectivity index (χ1) is 9.21. The molecule has 0 aliphatic carbocycles. The molecule has 1 aromatic rings. The molecule has 0 bridgehead atoms. The van der Waals surface area contributed by atoms with Gasteiger partial charge >= 0.3 is 0 Å². The molecule has 1 N–H and O–H groups in total. The van der Waals surface area contributed by atoms with Crippen LogP contribution in [0.25, 0.3) is 0 Å². The molecule has 0 aromatic heterocycles. The van der Waals surface area contributed by atoms with Crippen LogP contribution in [0, 0.1) is 11.3 Å². The summed E-state index contributed by atoms with van der Waals surface area (Å²) in [4.78, 5) is 22.2. The number of carbonyl (C=O) groups excluding carboxylic acids is 2. The van der Waals surface area contributed by atoms with Crippen LogP contribution < -0.4 is 14.8 Å². The average Bonchev–Trinajstić information content (AvgIpc) is 2.45. The number of amides is 1. The van der Waals surface area contributed by atoms with Crippen molar-refractivity contribution in [2.45, 2.75) is 6.42 Å². The van der Waals surface area contributed by atoms with E-state index in [-0.39, 0.29) is 31.2 Å². The number of nitrogens with one attached hydrogen (secondary N) is 1. The van der Waals surface area contributed by atoms with Gasteiger partial charge in [0.25, 0.3) is 5.91 Å². The van der Waals surface area contributed by atoms with Gasteiger partial charge in [0.15, 0.2) is 12.9 Å². The van der Waals surface area contributed by atoms with Crippen molar-refractivity contribution in [3.8, 4) is 17.6 Å². The second-order valence-electron chi connectivity index (χ2n) is 3.57. The Hall–Kier alpha value is -2.55. The molecule has 0 fully saturated rings. The first-order valence-electron chi connectivity index (χ1n) is 5.61. The van der Waals surface area contributed by atoms with E-state index in [0.29, 0.717) is 17.6 Å². The summed E-state index contributed by atoms with van der Waals surface area (Å²) in [5.74, 6) is 0.463. The maximum atomic E-state index is 11.4. The largest absolute Gasteiger partial charge is 0.497 e. The number of hydrogen-bond acceptors (Lipinski definition) is 5. The van der Waals surface area contributed by atoms with Crippen molar-refractivity contribution < 1.29 is 19.1 Å². The predicted octanol–water partition coefficient (Wildman–Crippen LogP) is 0.916. The predicted molar refractivity (Wildman–Crippen MR) is 67.1 cm³/mol. The zero-order valence-corrected chi connectivity index (χ0v) is 10.5. The highest BCUT2D eigenvalue weighted by molar-refractivity contribution is 5.81. The standard InChI is InChI=1S/C13H14N2O4/c1-18-11-4-3-10(8-16)12(7-11)19-9-13(17)15-6-2-5-14/h3-4,7-8H,2,6,9H2,1H3,(H,15,17). The smallest absolute Gasteiger partial charge is 0.257 e. The fourth-order valence-electron chi connectivity index (χ4n) is 1.32. The Morgan fingerprint density at radius 1 is 1.53 bits per heavy atom. The molecule has 0 saturated heterocycles. The van der Waals surface area contributed by atoms with E-state index in [9.17, 15) is 9.59 Å². The van der Waals surface area contributed by atoms with Gasteiger partial charge in [-0.2, -0.15) is 5.26 Å². The number of rotatable bonds is 7. The van der Waals surface area contributed by atoms with E-state index >= 15 is 0 Å². The molecule has 19 heavy (non-hydrogen) atoms. The van der Waals surface area contributed by atoms with Crippen molar-refractivity contribution >= 4 is 12.2 Å². The molecule has 6 nitrogen and oxygen atoms in total. The molecule has 0 saturated carbocycles. The van der Waals surface area contributed by atoms with Gasteiger partial charge in [0.05, 0.1) is 25.2 Å². The summed E-state index contributed by atoms with van der Waals surface area (Å²) in [6, 6.07) is 6.62. The molecule has 1 aromatic carbocycles. The van der Waals surface area contributed by atoms with Gasteiger partial charge in [-0.25, -0.2) is 0 Å². The number of carbonyl (C=O) groups is 2. The van der Waals surface area contributed by atoms with Crippen LogP contribution in [-0.4, -0.2) is 32.5 Å². The van der Waals surface area contributed by atoms with Crippen LogP contribution in [0.3, 0.4) is 0 Å². The molecule has 0 atom stereocenters. The highest BCUT2D eigenvalue weighted by atomic mass is 16.5. The van der Waals surface area contributed by atoms with E-state index in [1.54, 1.807) is 12.1 Å². The molecule has 6 heteroatoms. The highest BCUT2D eigenvalue weighted by Crippen LogP contribution is 2.23. The van der Waals surface area contributed by atoms with Crippen LogP contribution in [-0.2, 0) is 4.79 Å². The number of nitriles is 1. The van der Waals surface area contributed by atoms with E-state index in [1.807, 2.05) is 6.07 Å². The van der Waals surface area contributed by atoms with Crippen molar-refractivity contribution in [2.75, 3.05) is 20.3 Å². The van der Waals surface area contributed by atoms with Crippen molar-refractivity contribution in [1.82, 2.24) is 5.32 Å². The molecule has 1 rings (SSSR count). The molecule has 0 spiro atoms. The van der Waals surface area contributed by atoms with Crippen molar-refractivity contribution in [3.63, 3.8) is 0 Å². The first kappa shape index (κ1) is 14.5. The van der Waals surface area contributed by atoms with Crippen molar-refractivity contribution in [1.29, 1.82) is 5.26 Å². The van der Waals surface area contributed by atoms with Gasteiger partial charge in [-0.15, -0.1) is 0 Å². The summed E-state index contributed by atoms with van der Waals surface area (Å²) < 4.78 is 10.3. The molecule has 0 aliphatic heterocycles. The van der Waals surface area contributed by atoms with Gasteiger partial charge < -0.3 is 14.8 Å². The minimum absolute atomic E-state index is 0.223. The first-order valence-corrected chi connectivity index (χ1v) is 5.61. The molecular weight excluding hydrogens is 248 g/mol. The van der Waals surface area contributed by atoms with Crippen LogP contribution in [0.2, 0.25) is 0 Å². The monoisotopic (exact) mass is 262 g/mol. The summed E-state index contributed by atoms with van der Waals surface area (Å²) in [7, 11) is 1.49. The maximum Gasteiger partial charge on any atom is 0.257 e. The third-order valence-electron chi connectivity index (χ3n) is 2.27. The molecule has 0 radical (unpaired) electrons. The van der Waals surface area contributed by atoms with Crippen LogP contribution in [0.1, 0.15) is 16.8 Å². The van der Waals surface area contributed by atoms with Crippen LogP contribution >= 0.6 is 0 Å². The van der Waals surface area contributed by atoms with E-state index in [2.05, 4.69) is 5.32 Å². The van der Waals surface area contributed by atoms with Gasteiger partial charge in [-0.1, -0.05) is 0 Å². The Morgan fingerprint density at radius 3 is 2.95 bits per heavy atom. The van der Waals surface area contributed by atoms with Crippen LogP contribution in [0.15, 0.2) is 18.2 Å². The summed E-state index contributed by atoms with van der Waals surface area (Å²) in [6.07, 6.45) is 0.882. The molecule has 100 valence electrons. The zero-order chi connectivity index (χ0) is 14.1. The van der Waals surface area contributed by atoms with Gasteiger partial charge in [-0.05, 0) is 12.1 Å². The lowest BCUT2D eigenvalue weighted by Crippen LogP contribution is -2.29. The van der Waals surface area contributed by atoms with E-state index in [1.165, 1.54) is 13.2 Å². The number of hydrogen-bond donors (Lipinski definition) is 1. The normalized spacial score (nSPS) is 9.26. The quantitative estimate of drug-likeness (QED) is 0.583. The van der Waals surface area contributed by atoms with Crippen molar-refractivity contribution in [2.24, 2.45) is 0 Å². The number of benzene rings is 1. The van der Waals surface area contributed by atoms with E-state index in [0.717, 1.165) is 0 Å². The zero-order valence-electron chi connectivity index (χ0n) is 10.5.